The number of carbonyl (C=O) groups excluding carboxylic acids is 1. The first-order valence-corrected chi connectivity index (χ1v) is 4.78. The monoisotopic (exact) mass is 314 g/mol. The number of halogens is 4. The lowest BCUT2D eigenvalue weighted by Gasteiger charge is -2.07. The van der Waals surface area contributed by atoms with Gasteiger partial charge in [0.05, 0.1) is 0 Å². The van der Waals surface area contributed by atoms with Gasteiger partial charge in [0, 0.05) is 9.13 Å². The number of rotatable bonds is 1. The van der Waals surface area contributed by atoms with E-state index in [1.807, 2.05) is 22.6 Å². The standard InChI is InChI=1S/C9H6F3IO/c1-5-2-3-6(13)4-7(5)8(14)9(10,11)12/h2-4H,1H3. The Bertz CT molecular complexity index is 371. The lowest BCUT2D eigenvalue weighted by Crippen LogP contribution is -2.23. The molecule has 0 aromatic heterocycles. The summed E-state index contributed by atoms with van der Waals surface area (Å²) in [6.07, 6.45) is -4.80. The van der Waals surface area contributed by atoms with Gasteiger partial charge in [-0.05, 0) is 47.2 Å². The Kier molecular flexibility index (Phi) is 3.18. The molecule has 0 aliphatic heterocycles. The molecule has 0 unspecified atom stereocenters. The fourth-order valence-corrected chi connectivity index (χ4v) is 1.48. The van der Waals surface area contributed by atoms with E-state index in [-0.39, 0.29) is 5.56 Å². The van der Waals surface area contributed by atoms with Gasteiger partial charge in [0.1, 0.15) is 0 Å². The highest BCUT2D eigenvalue weighted by atomic mass is 127. The smallest absolute Gasteiger partial charge is 0.284 e. The normalized spacial score (nSPS) is 11.5. The zero-order chi connectivity index (χ0) is 10.9. The lowest BCUT2D eigenvalue weighted by molar-refractivity contribution is -0.0885. The maximum Gasteiger partial charge on any atom is 0.454 e. The van der Waals surface area contributed by atoms with Gasteiger partial charge in [0.25, 0.3) is 5.78 Å². The van der Waals surface area contributed by atoms with Crippen LogP contribution in [0, 0.1) is 10.5 Å². The summed E-state index contributed by atoms with van der Waals surface area (Å²) in [6, 6.07) is 4.40. The zero-order valence-corrected chi connectivity index (χ0v) is 9.31. The molecule has 76 valence electrons. The quantitative estimate of drug-likeness (QED) is 0.574. The molecule has 0 saturated carbocycles. The zero-order valence-electron chi connectivity index (χ0n) is 7.15. The summed E-state index contributed by atoms with van der Waals surface area (Å²) in [7, 11) is 0. The van der Waals surface area contributed by atoms with Crippen molar-refractivity contribution in [2.24, 2.45) is 0 Å². The third kappa shape index (κ3) is 2.46. The van der Waals surface area contributed by atoms with E-state index >= 15 is 0 Å². The van der Waals surface area contributed by atoms with Crippen molar-refractivity contribution < 1.29 is 18.0 Å². The first kappa shape index (κ1) is 11.5. The first-order valence-electron chi connectivity index (χ1n) is 3.70. The molecule has 0 radical (unpaired) electrons. The van der Waals surface area contributed by atoms with E-state index in [4.69, 9.17) is 0 Å². The van der Waals surface area contributed by atoms with Gasteiger partial charge in [-0.2, -0.15) is 13.2 Å². The number of benzene rings is 1. The molecule has 5 heteroatoms. The number of Topliss-reactive ketones (excluding diaryl/α,β-unsaturated/α-hetero) is 1. The molecule has 1 nitrogen and oxygen atoms in total. The summed E-state index contributed by atoms with van der Waals surface area (Å²) in [6.45, 7) is 1.48. The molecule has 0 heterocycles. The van der Waals surface area contributed by atoms with E-state index in [1.54, 1.807) is 6.07 Å². The summed E-state index contributed by atoms with van der Waals surface area (Å²) in [4.78, 5) is 10.9. The molecule has 1 aromatic rings. The molecule has 0 bridgehead atoms. The fraction of sp³-hybridized carbons (Fsp3) is 0.222. The topological polar surface area (TPSA) is 17.1 Å². The molecule has 1 rings (SSSR count). The van der Waals surface area contributed by atoms with Crippen LogP contribution in [0.5, 0.6) is 0 Å². The largest absolute Gasteiger partial charge is 0.454 e. The molecular weight excluding hydrogens is 308 g/mol. The molecule has 0 amide bonds. The molecular formula is C9H6F3IO. The number of hydrogen-bond acceptors (Lipinski definition) is 1. The molecule has 0 spiro atoms. The Balaban J connectivity index is 3.19. The average molecular weight is 314 g/mol. The van der Waals surface area contributed by atoms with Gasteiger partial charge >= 0.3 is 6.18 Å². The number of aryl methyl sites for hydroxylation is 1. The van der Waals surface area contributed by atoms with Crippen molar-refractivity contribution in [3.8, 4) is 0 Å². The second-order valence-electron chi connectivity index (χ2n) is 2.79. The number of alkyl halides is 3. The molecule has 0 fully saturated rings. The van der Waals surface area contributed by atoms with Gasteiger partial charge in [0.15, 0.2) is 0 Å². The Labute approximate surface area is 92.4 Å². The molecule has 0 saturated heterocycles. The van der Waals surface area contributed by atoms with E-state index in [2.05, 4.69) is 0 Å². The highest BCUT2D eigenvalue weighted by molar-refractivity contribution is 14.1. The van der Waals surface area contributed by atoms with Crippen molar-refractivity contribution in [1.29, 1.82) is 0 Å². The summed E-state index contributed by atoms with van der Waals surface area (Å²) in [5, 5.41) is 0. The van der Waals surface area contributed by atoms with Crippen LogP contribution < -0.4 is 0 Å². The van der Waals surface area contributed by atoms with E-state index in [0.717, 1.165) is 0 Å². The predicted molar refractivity (Wildman–Crippen MR) is 54.3 cm³/mol. The third-order valence-electron chi connectivity index (χ3n) is 1.70. The van der Waals surface area contributed by atoms with Gasteiger partial charge < -0.3 is 0 Å². The van der Waals surface area contributed by atoms with Crippen molar-refractivity contribution in [2.75, 3.05) is 0 Å². The van der Waals surface area contributed by atoms with Crippen molar-refractivity contribution >= 4 is 28.4 Å². The van der Waals surface area contributed by atoms with Crippen molar-refractivity contribution in [3.05, 3.63) is 32.9 Å². The highest BCUT2D eigenvalue weighted by Gasteiger charge is 2.39. The van der Waals surface area contributed by atoms with Gasteiger partial charge in [-0.25, -0.2) is 0 Å². The summed E-state index contributed by atoms with van der Waals surface area (Å²) >= 11 is 1.86. The Morgan fingerprint density at radius 1 is 1.36 bits per heavy atom. The first-order chi connectivity index (χ1) is 6.32. The van der Waals surface area contributed by atoms with Crippen molar-refractivity contribution in [3.63, 3.8) is 0 Å². The van der Waals surface area contributed by atoms with E-state index in [1.165, 1.54) is 19.1 Å². The molecule has 0 atom stereocenters. The minimum atomic E-state index is -4.80. The summed E-state index contributed by atoms with van der Waals surface area (Å²) in [5.41, 5.74) is 0.0668. The van der Waals surface area contributed by atoms with Gasteiger partial charge in [0.2, 0.25) is 0 Å². The SMILES string of the molecule is Cc1ccc(I)cc1C(=O)C(F)(F)F. The minimum absolute atomic E-state index is 0.274. The van der Waals surface area contributed by atoms with Crippen LogP contribution in [-0.2, 0) is 0 Å². The van der Waals surface area contributed by atoms with Gasteiger partial charge in [-0.1, -0.05) is 6.07 Å². The number of hydrogen-bond donors (Lipinski definition) is 0. The second-order valence-corrected chi connectivity index (χ2v) is 4.03. The van der Waals surface area contributed by atoms with Crippen LogP contribution in [0.25, 0.3) is 0 Å². The number of ketones is 1. The van der Waals surface area contributed by atoms with Crippen LogP contribution in [0.2, 0.25) is 0 Å². The molecule has 14 heavy (non-hydrogen) atoms. The molecule has 1 aromatic carbocycles. The number of carbonyl (C=O) groups is 1. The summed E-state index contributed by atoms with van der Waals surface area (Å²) in [5.74, 6) is -1.78. The van der Waals surface area contributed by atoms with Gasteiger partial charge in [-0.3, -0.25) is 4.79 Å². The average Bonchev–Trinajstić information content (AvgIpc) is 2.06. The minimum Gasteiger partial charge on any atom is -0.284 e. The van der Waals surface area contributed by atoms with Crippen LogP contribution >= 0.6 is 22.6 Å². The lowest BCUT2D eigenvalue weighted by atomic mass is 10.1. The second kappa shape index (κ2) is 3.88. The molecule has 0 N–H and O–H groups in total. The van der Waals surface area contributed by atoms with Crippen molar-refractivity contribution in [2.45, 2.75) is 13.1 Å². The molecule has 0 aliphatic rings. The van der Waals surface area contributed by atoms with Crippen molar-refractivity contribution in [1.82, 2.24) is 0 Å². The summed E-state index contributed by atoms with van der Waals surface area (Å²) < 4.78 is 36.9. The van der Waals surface area contributed by atoms with Crippen LogP contribution in [0.15, 0.2) is 18.2 Å². The van der Waals surface area contributed by atoms with Crippen LogP contribution in [0.1, 0.15) is 15.9 Å². The fourth-order valence-electron chi connectivity index (χ4n) is 0.992. The van der Waals surface area contributed by atoms with Crippen LogP contribution in [-0.4, -0.2) is 12.0 Å². The van der Waals surface area contributed by atoms with Crippen LogP contribution in [0.3, 0.4) is 0 Å². The Morgan fingerprint density at radius 2 is 1.93 bits per heavy atom. The Morgan fingerprint density at radius 3 is 2.43 bits per heavy atom. The Hall–Kier alpha value is -0.590. The van der Waals surface area contributed by atoms with Gasteiger partial charge in [-0.15, -0.1) is 0 Å². The maximum atomic E-state index is 12.1. The third-order valence-corrected chi connectivity index (χ3v) is 2.37. The van der Waals surface area contributed by atoms with E-state index < -0.39 is 12.0 Å². The van der Waals surface area contributed by atoms with E-state index in [0.29, 0.717) is 9.13 Å². The highest BCUT2D eigenvalue weighted by Crippen LogP contribution is 2.24. The molecule has 0 aliphatic carbocycles. The predicted octanol–water partition coefficient (Wildman–Crippen LogP) is 3.34. The maximum absolute atomic E-state index is 12.1. The van der Waals surface area contributed by atoms with E-state index in [9.17, 15) is 18.0 Å². The van der Waals surface area contributed by atoms with Crippen LogP contribution in [0.4, 0.5) is 13.2 Å².